The summed E-state index contributed by atoms with van der Waals surface area (Å²) in [7, 11) is 0. The maximum absolute atomic E-state index is 9.70. The van der Waals surface area contributed by atoms with E-state index in [1.807, 2.05) is 60.7 Å². The van der Waals surface area contributed by atoms with E-state index in [1.165, 1.54) is 0 Å². The van der Waals surface area contributed by atoms with Crippen LogP contribution in [-0.4, -0.2) is 30.5 Å². The van der Waals surface area contributed by atoms with Crippen LogP contribution in [0.2, 0.25) is 0 Å². The van der Waals surface area contributed by atoms with Crippen molar-refractivity contribution in [1.29, 1.82) is 5.26 Å². The quantitative estimate of drug-likeness (QED) is 0.906. The number of aliphatic hydroxyl groups is 1. The molecule has 0 unspecified atom stereocenters. The molecule has 2 N–H and O–H groups in total. The SMILES string of the molecule is N#C[C@]1(CO)COCC(c2ccccc2)(c2ccccc2)N1. The number of rotatable bonds is 3. The molecular weight excluding hydrogens is 276 g/mol. The van der Waals surface area contributed by atoms with E-state index < -0.39 is 11.1 Å². The fraction of sp³-hybridized carbons (Fsp3) is 0.278. The van der Waals surface area contributed by atoms with Crippen LogP contribution in [0.25, 0.3) is 0 Å². The van der Waals surface area contributed by atoms with Crippen molar-refractivity contribution in [3.05, 3.63) is 71.8 Å². The van der Waals surface area contributed by atoms with Crippen molar-refractivity contribution < 1.29 is 9.84 Å². The highest BCUT2D eigenvalue weighted by Crippen LogP contribution is 2.35. The molecule has 4 heteroatoms. The van der Waals surface area contributed by atoms with Crippen LogP contribution in [0.5, 0.6) is 0 Å². The lowest BCUT2D eigenvalue weighted by Crippen LogP contribution is -2.66. The monoisotopic (exact) mass is 294 g/mol. The smallest absolute Gasteiger partial charge is 0.154 e. The van der Waals surface area contributed by atoms with Gasteiger partial charge in [-0.2, -0.15) is 5.26 Å². The third kappa shape index (κ3) is 2.40. The first-order valence-corrected chi connectivity index (χ1v) is 7.25. The Hall–Kier alpha value is -2.19. The first kappa shape index (κ1) is 14.7. The average molecular weight is 294 g/mol. The largest absolute Gasteiger partial charge is 0.393 e. The van der Waals surface area contributed by atoms with Crippen LogP contribution in [-0.2, 0) is 10.3 Å². The number of nitrogens with zero attached hydrogens (tertiary/aromatic N) is 1. The number of hydrogen-bond acceptors (Lipinski definition) is 4. The fourth-order valence-corrected chi connectivity index (χ4v) is 2.96. The van der Waals surface area contributed by atoms with Gasteiger partial charge in [-0.1, -0.05) is 60.7 Å². The van der Waals surface area contributed by atoms with Gasteiger partial charge in [-0.05, 0) is 11.1 Å². The Labute approximate surface area is 130 Å². The Kier molecular flexibility index (Phi) is 3.95. The second-order valence-electron chi connectivity index (χ2n) is 5.61. The van der Waals surface area contributed by atoms with Crippen LogP contribution in [0.1, 0.15) is 11.1 Å². The van der Waals surface area contributed by atoms with Crippen LogP contribution in [0.3, 0.4) is 0 Å². The van der Waals surface area contributed by atoms with Gasteiger partial charge in [0.1, 0.15) is 0 Å². The summed E-state index contributed by atoms with van der Waals surface area (Å²) in [6, 6.07) is 22.0. The van der Waals surface area contributed by atoms with E-state index in [1.54, 1.807) is 0 Å². The number of nitrogens with one attached hydrogen (secondary N) is 1. The average Bonchev–Trinajstić information content (AvgIpc) is 2.63. The number of morpholine rings is 1. The van der Waals surface area contributed by atoms with Gasteiger partial charge in [0.25, 0.3) is 0 Å². The molecule has 4 nitrogen and oxygen atoms in total. The van der Waals surface area contributed by atoms with Crippen molar-refractivity contribution >= 4 is 0 Å². The summed E-state index contributed by atoms with van der Waals surface area (Å²) >= 11 is 0. The Morgan fingerprint density at radius 2 is 1.55 bits per heavy atom. The maximum Gasteiger partial charge on any atom is 0.154 e. The molecule has 2 aromatic rings. The number of hydrogen-bond donors (Lipinski definition) is 2. The van der Waals surface area contributed by atoms with Gasteiger partial charge in [0, 0.05) is 0 Å². The molecule has 0 spiro atoms. The van der Waals surface area contributed by atoms with Crippen molar-refractivity contribution in [2.24, 2.45) is 0 Å². The molecule has 22 heavy (non-hydrogen) atoms. The number of aliphatic hydroxyl groups excluding tert-OH is 1. The van der Waals surface area contributed by atoms with Gasteiger partial charge >= 0.3 is 0 Å². The zero-order valence-corrected chi connectivity index (χ0v) is 12.2. The molecule has 0 amide bonds. The van der Waals surface area contributed by atoms with Gasteiger partial charge in [0.05, 0.1) is 31.4 Å². The van der Waals surface area contributed by atoms with Crippen molar-refractivity contribution in [2.75, 3.05) is 19.8 Å². The molecule has 1 aliphatic heterocycles. The summed E-state index contributed by atoms with van der Waals surface area (Å²) in [5, 5.41) is 22.6. The fourth-order valence-electron chi connectivity index (χ4n) is 2.96. The van der Waals surface area contributed by atoms with E-state index in [9.17, 15) is 10.4 Å². The zero-order chi connectivity index (χ0) is 15.5. The lowest BCUT2D eigenvalue weighted by Gasteiger charge is -2.46. The molecule has 1 atom stereocenters. The van der Waals surface area contributed by atoms with Crippen LogP contribution in [0.15, 0.2) is 60.7 Å². The van der Waals surface area contributed by atoms with E-state index in [0.29, 0.717) is 6.61 Å². The number of benzene rings is 2. The molecule has 3 rings (SSSR count). The molecule has 1 heterocycles. The first-order valence-electron chi connectivity index (χ1n) is 7.25. The first-order chi connectivity index (χ1) is 10.7. The van der Waals surface area contributed by atoms with Crippen LogP contribution in [0, 0.1) is 11.3 Å². The highest BCUT2D eigenvalue weighted by molar-refractivity contribution is 5.41. The lowest BCUT2D eigenvalue weighted by molar-refractivity contribution is -0.0293. The summed E-state index contributed by atoms with van der Waals surface area (Å²) in [5.41, 5.74) is 0.256. The maximum atomic E-state index is 9.70. The molecule has 0 saturated carbocycles. The molecule has 1 saturated heterocycles. The van der Waals surface area contributed by atoms with Crippen LogP contribution < -0.4 is 5.32 Å². The van der Waals surface area contributed by atoms with Crippen molar-refractivity contribution in [3.8, 4) is 6.07 Å². The van der Waals surface area contributed by atoms with Gasteiger partial charge in [-0.3, -0.25) is 5.32 Å². The van der Waals surface area contributed by atoms with Gasteiger partial charge < -0.3 is 9.84 Å². The molecular formula is C18H18N2O2. The zero-order valence-electron chi connectivity index (χ0n) is 12.2. The summed E-state index contributed by atoms with van der Waals surface area (Å²) in [5.74, 6) is 0. The van der Waals surface area contributed by atoms with E-state index in [-0.39, 0.29) is 13.2 Å². The predicted octanol–water partition coefficient (Wildman–Crippen LogP) is 1.80. The van der Waals surface area contributed by atoms with Crippen molar-refractivity contribution in [2.45, 2.75) is 11.1 Å². The van der Waals surface area contributed by atoms with E-state index in [2.05, 4.69) is 11.4 Å². The van der Waals surface area contributed by atoms with E-state index in [4.69, 9.17) is 4.74 Å². The molecule has 0 aliphatic carbocycles. The second kappa shape index (κ2) is 5.90. The van der Waals surface area contributed by atoms with Gasteiger partial charge in [-0.25, -0.2) is 0 Å². The second-order valence-corrected chi connectivity index (χ2v) is 5.61. The van der Waals surface area contributed by atoms with Crippen LogP contribution in [0.4, 0.5) is 0 Å². The molecule has 2 aromatic carbocycles. The molecule has 0 bridgehead atoms. The normalized spacial score (nSPS) is 23.6. The number of nitriles is 1. The molecule has 1 aliphatic rings. The highest BCUT2D eigenvalue weighted by Gasteiger charge is 2.47. The topological polar surface area (TPSA) is 65.3 Å². The highest BCUT2D eigenvalue weighted by atomic mass is 16.5. The molecule has 0 aromatic heterocycles. The minimum Gasteiger partial charge on any atom is -0.393 e. The predicted molar refractivity (Wildman–Crippen MR) is 83.0 cm³/mol. The van der Waals surface area contributed by atoms with E-state index >= 15 is 0 Å². The van der Waals surface area contributed by atoms with E-state index in [0.717, 1.165) is 11.1 Å². The van der Waals surface area contributed by atoms with Gasteiger partial charge in [0.15, 0.2) is 5.54 Å². The van der Waals surface area contributed by atoms with Crippen molar-refractivity contribution in [3.63, 3.8) is 0 Å². The summed E-state index contributed by atoms with van der Waals surface area (Å²) in [6.45, 7) is 0.275. The van der Waals surface area contributed by atoms with Crippen molar-refractivity contribution in [1.82, 2.24) is 5.32 Å². The molecule has 0 radical (unpaired) electrons. The van der Waals surface area contributed by atoms with Gasteiger partial charge in [-0.15, -0.1) is 0 Å². The summed E-state index contributed by atoms with van der Waals surface area (Å²) in [4.78, 5) is 0. The Bertz CT molecular complexity index is 627. The number of ether oxygens (including phenoxy) is 1. The lowest BCUT2D eigenvalue weighted by atomic mass is 9.79. The third-order valence-corrected chi connectivity index (χ3v) is 4.14. The molecule has 112 valence electrons. The minimum atomic E-state index is -1.11. The van der Waals surface area contributed by atoms with Crippen LogP contribution >= 0.6 is 0 Å². The Morgan fingerprint density at radius 3 is 2.00 bits per heavy atom. The minimum absolute atomic E-state index is 0.168. The molecule has 1 fully saturated rings. The Balaban J connectivity index is 2.15. The third-order valence-electron chi connectivity index (χ3n) is 4.14. The summed E-state index contributed by atoms with van der Waals surface area (Å²) < 4.78 is 5.75. The standard InChI is InChI=1S/C18H18N2O2/c19-11-17(12-21)13-22-14-18(20-17,15-7-3-1-4-8-15)16-9-5-2-6-10-16/h1-10,20-21H,12-14H2/t17-/m0/s1. The Morgan fingerprint density at radius 1 is 1.00 bits per heavy atom. The summed E-state index contributed by atoms with van der Waals surface area (Å²) in [6.07, 6.45) is 0. The van der Waals surface area contributed by atoms with Gasteiger partial charge in [0.2, 0.25) is 0 Å².